The lowest BCUT2D eigenvalue weighted by atomic mass is 9.81. The zero-order valence-electron chi connectivity index (χ0n) is 13.0. The fourth-order valence-corrected chi connectivity index (χ4v) is 2.66. The predicted molar refractivity (Wildman–Crippen MR) is 84.5 cm³/mol. The second kappa shape index (κ2) is 5.76. The number of halogens is 1. The van der Waals surface area contributed by atoms with Crippen LogP contribution in [0.5, 0.6) is 5.75 Å². The third-order valence-corrected chi connectivity index (χ3v) is 3.99. The molecule has 0 heterocycles. The van der Waals surface area contributed by atoms with E-state index in [0.717, 1.165) is 15.6 Å². The largest absolute Gasteiger partial charge is 0.495 e. The molecule has 0 spiro atoms. The van der Waals surface area contributed by atoms with Gasteiger partial charge in [0.1, 0.15) is 5.75 Å². The molecule has 112 valence electrons. The van der Waals surface area contributed by atoms with Gasteiger partial charge in [-0.05, 0) is 58.8 Å². The van der Waals surface area contributed by atoms with E-state index in [1.165, 1.54) is 0 Å². The van der Waals surface area contributed by atoms with Crippen LogP contribution < -0.4 is 4.74 Å². The lowest BCUT2D eigenvalue weighted by Crippen LogP contribution is -2.26. The summed E-state index contributed by atoms with van der Waals surface area (Å²) in [7, 11) is 1.61. The molecule has 1 rings (SSSR count). The van der Waals surface area contributed by atoms with Crippen LogP contribution in [-0.2, 0) is 16.6 Å². The summed E-state index contributed by atoms with van der Waals surface area (Å²) < 4.78 is 6.29. The fourth-order valence-electron chi connectivity index (χ4n) is 2.00. The lowest BCUT2D eigenvalue weighted by Gasteiger charge is -2.25. The van der Waals surface area contributed by atoms with Crippen LogP contribution in [0.1, 0.15) is 45.7 Å². The van der Waals surface area contributed by atoms with E-state index in [0.29, 0.717) is 12.2 Å². The van der Waals surface area contributed by atoms with Crippen molar-refractivity contribution in [2.45, 2.75) is 46.5 Å². The van der Waals surface area contributed by atoms with Gasteiger partial charge in [0.15, 0.2) is 0 Å². The maximum Gasteiger partial charge on any atom is 0.309 e. The minimum atomic E-state index is -0.830. The van der Waals surface area contributed by atoms with Gasteiger partial charge in [0.25, 0.3) is 0 Å². The highest BCUT2D eigenvalue weighted by Gasteiger charge is 2.30. The molecule has 3 nitrogen and oxygen atoms in total. The van der Waals surface area contributed by atoms with Gasteiger partial charge in [-0.3, -0.25) is 4.79 Å². The van der Waals surface area contributed by atoms with Crippen LogP contribution in [0.15, 0.2) is 16.6 Å². The summed E-state index contributed by atoms with van der Waals surface area (Å²) in [6, 6.07) is 4.09. The van der Waals surface area contributed by atoms with Gasteiger partial charge >= 0.3 is 5.97 Å². The van der Waals surface area contributed by atoms with E-state index >= 15 is 0 Å². The SMILES string of the molecule is COc1c(Br)cc(C(C)(C)C)cc1CC(C)(C)C(=O)O. The van der Waals surface area contributed by atoms with Crippen LogP contribution in [0.25, 0.3) is 0 Å². The van der Waals surface area contributed by atoms with Gasteiger partial charge in [-0.1, -0.05) is 26.8 Å². The van der Waals surface area contributed by atoms with Crippen molar-refractivity contribution in [2.24, 2.45) is 5.41 Å². The molecular formula is C16H23BrO3. The van der Waals surface area contributed by atoms with Crippen molar-refractivity contribution in [3.8, 4) is 5.75 Å². The quantitative estimate of drug-likeness (QED) is 0.881. The van der Waals surface area contributed by atoms with E-state index < -0.39 is 11.4 Å². The van der Waals surface area contributed by atoms with Crippen molar-refractivity contribution in [3.05, 3.63) is 27.7 Å². The summed E-state index contributed by atoms with van der Waals surface area (Å²) >= 11 is 3.52. The molecule has 1 aromatic carbocycles. The van der Waals surface area contributed by atoms with E-state index in [-0.39, 0.29) is 5.41 Å². The Morgan fingerprint density at radius 3 is 2.20 bits per heavy atom. The second-order valence-corrected chi connectivity index (χ2v) is 7.62. The summed E-state index contributed by atoms with van der Waals surface area (Å²) in [6.45, 7) is 9.85. The lowest BCUT2D eigenvalue weighted by molar-refractivity contribution is -0.146. The number of methoxy groups -OCH3 is 1. The first-order valence-corrected chi connectivity index (χ1v) is 7.38. The summed E-state index contributed by atoms with van der Waals surface area (Å²) in [4.78, 5) is 11.3. The molecule has 0 aliphatic rings. The monoisotopic (exact) mass is 342 g/mol. The number of ether oxygens (including phenoxy) is 1. The summed E-state index contributed by atoms with van der Waals surface area (Å²) in [5.41, 5.74) is 1.24. The number of carboxylic acids is 1. The minimum Gasteiger partial charge on any atom is -0.495 e. The second-order valence-electron chi connectivity index (χ2n) is 6.77. The number of hydrogen-bond donors (Lipinski definition) is 1. The van der Waals surface area contributed by atoms with Crippen molar-refractivity contribution in [2.75, 3.05) is 7.11 Å². The normalized spacial score (nSPS) is 12.3. The van der Waals surface area contributed by atoms with E-state index in [1.807, 2.05) is 12.1 Å². The Morgan fingerprint density at radius 1 is 1.25 bits per heavy atom. The van der Waals surface area contributed by atoms with Gasteiger partial charge < -0.3 is 9.84 Å². The molecular weight excluding hydrogens is 320 g/mol. The third-order valence-electron chi connectivity index (χ3n) is 3.40. The number of carboxylic acid groups (broad SMARTS) is 1. The Hall–Kier alpha value is -1.03. The maximum absolute atomic E-state index is 11.3. The van der Waals surface area contributed by atoms with E-state index in [1.54, 1.807) is 21.0 Å². The predicted octanol–water partition coefficient (Wildman–Crippen LogP) is 4.41. The Kier molecular flexibility index (Phi) is 4.90. The van der Waals surface area contributed by atoms with Gasteiger partial charge in [-0.2, -0.15) is 0 Å². The number of rotatable bonds is 4. The Balaban J connectivity index is 3.36. The number of benzene rings is 1. The average Bonchev–Trinajstić information content (AvgIpc) is 2.26. The molecule has 0 unspecified atom stereocenters. The molecule has 0 amide bonds. The van der Waals surface area contributed by atoms with Crippen LogP contribution >= 0.6 is 15.9 Å². The van der Waals surface area contributed by atoms with E-state index in [2.05, 4.69) is 36.7 Å². The van der Waals surface area contributed by atoms with Crippen molar-refractivity contribution in [1.82, 2.24) is 0 Å². The van der Waals surface area contributed by atoms with Gasteiger partial charge in [-0.15, -0.1) is 0 Å². The Labute approximate surface area is 129 Å². The molecule has 0 radical (unpaired) electrons. The van der Waals surface area contributed by atoms with Crippen LogP contribution in [-0.4, -0.2) is 18.2 Å². The molecule has 0 atom stereocenters. The first-order chi connectivity index (χ1) is 8.99. The molecule has 4 heteroatoms. The highest BCUT2D eigenvalue weighted by Crippen LogP contribution is 2.38. The molecule has 0 aromatic heterocycles. The topological polar surface area (TPSA) is 46.5 Å². The Bertz CT molecular complexity index is 513. The Morgan fingerprint density at radius 2 is 1.80 bits per heavy atom. The average molecular weight is 343 g/mol. The molecule has 20 heavy (non-hydrogen) atoms. The zero-order valence-corrected chi connectivity index (χ0v) is 14.6. The number of carbonyl (C=O) groups is 1. The standard InChI is InChI=1S/C16H23BrO3/c1-15(2,3)11-7-10(9-16(4,5)14(18)19)13(20-6)12(17)8-11/h7-8H,9H2,1-6H3,(H,18,19). The van der Waals surface area contributed by atoms with Gasteiger partial charge in [-0.25, -0.2) is 0 Å². The van der Waals surface area contributed by atoms with Crippen molar-refractivity contribution < 1.29 is 14.6 Å². The first-order valence-electron chi connectivity index (χ1n) is 6.59. The molecule has 0 aliphatic heterocycles. The van der Waals surface area contributed by atoms with E-state index in [4.69, 9.17) is 4.74 Å². The van der Waals surface area contributed by atoms with Crippen molar-refractivity contribution >= 4 is 21.9 Å². The molecule has 1 N–H and O–H groups in total. The maximum atomic E-state index is 11.3. The molecule has 1 aromatic rings. The summed E-state index contributed by atoms with van der Waals surface area (Å²) in [6.07, 6.45) is 0.425. The van der Waals surface area contributed by atoms with Crippen LogP contribution in [0.2, 0.25) is 0 Å². The first kappa shape index (κ1) is 17.0. The van der Waals surface area contributed by atoms with Crippen LogP contribution in [0.3, 0.4) is 0 Å². The highest BCUT2D eigenvalue weighted by molar-refractivity contribution is 9.10. The summed E-state index contributed by atoms with van der Waals surface area (Å²) in [5.74, 6) is -0.0934. The molecule has 0 fully saturated rings. The minimum absolute atomic E-state index is 0.00307. The molecule has 0 aliphatic carbocycles. The van der Waals surface area contributed by atoms with Crippen molar-refractivity contribution in [1.29, 1.82) is 0 Å². The highest BCUT2D eigenvalue weighted by atomic mass is 79.9. The molecule has 0 saturated carbocycles. The number of hydrogen-bond acceptors (Lipinski definition) is 2. The third kappa shape index (κ3) is 3.75. The summed E-state index contributed by atoms with van der Waals surface area (Å²) in [5, 5.41) is 9.31. The van der Waals surface area contributed by atoms with Crippen molar-refractivity contribution in [3.63, 3.8) is 0 Å². The molecule has 0 bridgehead atoms. The van der Waals surface area contributed by atoms with Crippen LogP contribution in [0.4, 0.5) is 0 Å². The number of aliphatic carboxylic acids is 1. The van der Waals surface area contributed by atoms with Gasteiger partial charge in [0.2, 0.25) is 0 Å². The fraction of sp³-hybridized carbons (Fsp3) is 0.562. The van der Waals surface area contributed by atoms with Gasteiger partial charge in [0, 0.05) is 0 Å². The smallest absolute Gasteiger partial charge is 0.309 e. The van der Waals surface area contributed by atoms with E-state index in [9.17, 15) is 9.90 Å². The zero-order chi connectivity index (χ0) is 15.7. The molecule has 0 saturated heterocycles. The van der Waals surface area contributed by atoms with Gasteiger partial charge in [0.05, 0.1) is 17.0 Å². The van der Waals surface area contributed by atoms with Crippen LogP contribution in [0, 0.1) is 5.41 Å².